The number of amides is 1. The van der Waals surface area contributed by atoms with Crippen LogP contribution in [0.3, 0.4) is 0 Å². The lowest BCUT2D eigenvalue weighted by atomic mass is 10.1. The topological polar surface area (TPSA) is 79.0 Å². The van der Waals surface area contributed by atoms with E-state index in [2.05, 4.69) is 5.32 Å². The van der Waals surface area contributed by atoms with Crippen LogP contribution in [0.4, 0.5) is 28.9 Å². The first kappa shape index (κ1) is 16.5. The molecule has 8 heteroatoms. The minimum Gasteiger partial charge on any atom is -0.398 e. The number of hydrogen-bond donors (Lipinski definition) is 3. The van der Waals surface area contributed by atoms with Gasteiger partial charge in [-0.25, -0.2) is 4.39 Å². The molecule has 2 aromatic rings. The zero-order chi connectivity index (χ0) is 17.2. The van der Waals surface area contributed by atoms with E-state index in [0.29, 0.717) is 11.6 Å². The van der Waals surface area contributed by atoms with Gasteiger partial charge in [-0.15, -0.1) is 0 Å². The van der Waals surface area contributed by atoms with Crippen molar-refractivity contribution < 1.29 is 22.4 Å². The lowest BCUT2D eigenvalue weighted by Crippen LogP contribution is -2.20. The molecular formula is C15H11F4N3O. The van der Waals surface area contributed by atoms with Crippen molar-refractivity contribution in [3.8, 4) is 0 Å². The normalized spacial score (nSPS) is 11.1. The summed E-state index contributed by atoms with van der Waals surface area (Å²) in [5, 5.41) is 9.26. The minimum absolute atomic E-state index is 0.0921. The van der Waals surface area contributed by atoms with E-state index in [1.807, 2.05) is 0 Å². The first-order valence-corrected chi connectivity index (χ1v) is 6.31. The fourth-order valence-corrected chi connectivity index (χ4v) is 1.97. The van der Waals surface area contributed by atoms with E-state index >= 15 is 0 Å². The van der Waals surface area contributed by atoms with Gasteiger partial charge in [0, 0.05) is 23.2 Å². The maximum absolute atomic E-state index is 13.7. The van der Waals surface area contributed by atoms with Crippen molar-refractivity contribution >= 4 is 23.5 Å². The van der Waals surface area contributed by atoms with Crippen molar-refractivity contribution in [2.24, 2.45) is 0 Å². The van der Waals surface area contributed by atoms with Gasteiger partial charge in [0.1, 0.15) is 5.82 Å². The van der Waals surface area contributed by atoms with Gasteiger partial charge in [-0.2, -0.15) is 13.2 Å². The molecule has 0 atom stereocenters. The molecule has 23 heavy (non-hydrogen) atoms. The van der Waals surface area contributed by atoms with Gasteiger partial charge in [0.15, 0.2) is 0 Å². The van der Waals surface area contributed by atoms with Crippen molar-refractivity contribution in [2.45, 2.75) is 6.18 Å². The number of hydrogen-bond acceptors (Lipinski definition) is 3. The quantitative estimate of drug-likeness (QED) is 0.457. The number of benzene rings is 2. The molecule has 120 valence electrons. The van der Waals surface area contributed by atoms with Crippen LogP contribution in [0.15, 0.2) is 36.4 Å². The molecule has 0 saturated heterocycles. The Hall–Kier alpha value is -2.90. The van der Waals surface area contributed by atoms with Gasteiger partial charge in [0.05, 0.1) is 11.1 Å². The second kappa shape index (κ2) is 6.07. The highest BCUT2D eigenvalue weighted by Gasteiger charge is 2.36. The zero-order valence-electron chi connectivity index (χ0n) is 11.5. The summed E-state index contributed by atoms with van der Waals surface area (Å²) in [5.41, 5.74) is 3.80. The van der Waals surface area contributed by atoms with E-state index in [4.69, 9.17) is 11.1 Å². The largest absolute Gasteiger partial charge is 0.417 e. The second-order valence-corrected chi connectivity index (χ2v) is 4.60. The maximum atomic E-state index is 13.7. The number of carbonyl (C=O) groups is 1. The molecular weight excluding hydrogens is 314 g/mol. The van der Waals surface area contributed by atoms with Crippen LogP contribution in [0.2, 0.25) is 0 Å². The number of nitrogens with one attached hydrogen (secondary N) is 2. The Labute approximate surface area is 128 Å². The van der Waals surface area contributed by atoms with Gasteiger partial charge >= 0.3 is 6.18 Å². The van der Waals surface area contributed by atoms with Gasteiger partial charge in [0.2, 0.25) is 0 Å². The SMILES string of the molecule is N=Cc1ccc(NC(=O)c2c(F)cccc2C(F)(F)F)cc1N. The zero-order valence-corrected chi connectivity index (χ0v) is 11.5. The number of rotatable bonds is 3. The van der Waals surface area contributed by atoms with Crippen molar-refractivity contribution in [1.82, 2.24) is 0 Å². The number of nitrogen functional groups attached to an aromatic ring is 1. The average Bonchev–Trinajstić information content (AvgIpc) is 2.46. The van der Waals surface area contributed by atoms with Gasteiger partial charge in [-0.3, -0.25) is 4.79 Å². The van der Waals surface area contributed by atoms with Crippen molar-refractivity contribution in [3.05, 3.63) is 58.9 Å². The van der Waals surface area contributed by atoms with E-state index < -0.39 is 29.0 Å². The van der Waals surface area contributed by atoms with Gasteiger partial charge in [-0.05, 0) is 30.3 Å². The molecule has 0 fully saturated rings. The van der Waals surface area contributed by atoms with Gasteiger partial charge in [0.25, 0.3) is 5.91 Å². The molecule has 0 aliphatic rings. The third-order valence-electron chi connectivity index (χ3n) is 3.05. The van der Waals surface area contributed by atoms with E-state index in [0.717, 1.165) is 18.3 Å². The molecule has 1 amide bonds. The molecule has 0 radical (unpaired) electrons. The van der Waals surface area contributed by atoms with Crippen molar-refractivity contribution in [3.63, 3.8) is 0 Å². The molecule has 0 aromatic heterocycles. The highest BCUT2D eigenvalue weighted by molar-refractivity contribution is 6.06. The first-order chi connectivity index (χ1) is 10.7. The van der Waals surface area contributed by atoms with E-state index in [1.165, 1.54) is 18.2 Å². The van der Waals surface area contributed by atoms with Crippen LogP contribution in [0.1, 0.15) is 21.5 Å². The Bertz CT molecular complexity index is 772. The first-order valence-electron chi connectivity index (χ1n) is 6.31. The Balaban J connectivity index is 2.39. The van der Waals surface area contributed by atoms with Gasteiger partial charge in [-0.1, -0.05) is 6.07 Å². The fraction of sp³-hybridized carbons (Fsp3) is 0.0667. The molecule has 0 bridgehead atoms. The van der Waals surface area contributed by atoms with Crippen LogP contribution in [-0.4, -0.2) is 12.1 Å². The molecule has 0 aliphatic heterocycles. The monoisotopic (exact) mass is 325 g/mol. The number of nitrogens with two attached hydrogens (primary N) is 1. The van der Waals surface area contributed by atoms with Crippen LogP contribution >= 0.6 is 0 Å². The summed E-state index contributed by atoms with van der Waals surface area (Å²) in [6.07, 6.45) is -3.88. The van der Waals surface area contributed by atoms with Crippen molar-refractivity contribution in [1.29, 1.82) is 5.41 Å². The predicted octanol–water partition coefficient (Wildman–Crippen LogP) is 3.68. The van der Waals surface area contributed by atoms with Crippen LogP contribution in [-0.2, 0) is 6.18 Å². The summed E-state index contributed by atoms with van der Waals surface area (Å²) in [7, 11) is 0. The third kappa shape index (κ3) is 3.47. The summed E-state index contributed by atoms with van der Waals surface area (Å²) < 4.78 is 52.4. The highest BCUT2D eigenvalue weighted by Crippen LogP contribution is 2.33. The molecule has 0 aliphatic carbocycles. The summed E-state index contributed by atoms with van der Waals surface area (Å²) in [4.78, 5) is 12.0. The average molecular weight is 325 g/mol. The molecule has 0 saturated carbocycles. The molecule has 4 nitrogen and oxygen atoms in total. The van der Waals surface area contributed by atoms with Gasteiger partial charge < -0.3 is 16.5 Å². The molecule has 0 spiro atoms. The lowest BCUT2D eigenvalue weighted by Gasteiger charge is -2.14. The third-order valence-corrected chi connectivity index (χ3v) is 3.05. The Kier molecular flexibility index (Phi) is 4.35. The Morgan fingerprint density at radius 1 is 1.22 bits per heavy atom. The standard InChI is InChI=1S/C15H11F4N3O/c16-11-3-1-2-10(15(17,18)19)13(11)14(23)22-9-5-4-8(7-20)12(21)6-9/h1-7,20H,21H2,(H,22,23). The smallest absolute Gasteiger partial charge is 0.398 e. The number of anilines is 2. The van der Waals surface area contributed by atoms with Crippen LogP contribution in [0.25, 0.3) is 0 Å². The number of halogens is 4. The Morgan fingerprint density at radius 2 is 1.91 bits per heavy atom. The molecule has 2 rings (SSSR count). The molecule has 0 unspecified atom stereocenters. The summed E-state index contributed by atoms with van der Waals surface area (Å²) in [6.45, 7) is 0. The lowest BCUT2D eigenvalue weighted by molar-refractivity contribution is -0.138. The minimum atomic E-state index is -4.86. The Morgan fingerprint density at radius 3 is 2.48 bits per heavy atom. The molecule has 2 aromatic carbocycles. The molecule has 4 N–H and O–H groups in total. The van der Waals surface area contributed by atoms with E-state index in [-0.39, 0.29) is 11.4 Å². The second-order valence-electron chi connectivity index (χ2n) is 4.60. The highest BCUT2D eigenvalue weighted by atomic mass is 19.4. The van der Waals surface area contributed by atoms with Crippen molar-refractivity contribution in [2.75, 3.05) is 11.1 Å². The number of carbonyl (C=O) groups excluding carboxylic acids is 1. The predicted molar refractivity (Wildman–Crippen MR) is 78.1 cm³/mol. The summed E-state index contributed by atoms with van der Waals surface area (Å²) in [5.74, 6) is -2.51. The van der Waals surface area contributed by atoms with Crippen LogP contribution < -0.4 is 11.1 Å². The summed E-state index contributed by atoms with van der Waals surface area (Å²) >= 11 is 0. The van der Waals surface area contributed by atoms with E-state index in [9.17, 15) is 22.4 Å². The van der Waals surface area contributed by atoms with Crippen LogP contribution in [0, 0.1) is 11.2 Å². The fourth-order valence-electron chi connectivity index (χ4n) is 1.97. The molecule has 0 heterocycles. The summed E-state index contributed by atoms with van der Waals surface area (Å²) in [6, 6.07) is 6.31. The maximum Gasteiger partial charge on any atom is 0.417 e. The van der Waals surface area contributed by atoms with Crippen LogP contribution in [0.5, 0.6) is 0 Å². The van der Waals surface area contributed by atoms with E-state index in [1.54, 1.807) is 0 Å². The number of alkyl halides is 3.